The zero-order valence-electron chi connectivity index (χ0n) is 10.9. The lowest BCUT2D eigenvalue weighted by Gasteiger charge is -2.26. The average molecular weight is 276 g/mol. The smallest absolute Gasteiger partial charge is 0.319 e. The highest BCUT2D eigenvalue weighted by atomic mass is 16.5. The van der Waals surface area contributed by atoms with Crippen LogP contribution < -0.4 is 26.4 Å². The second-order valence-corrected chi connectivity index (χ2v) is 5.00. The summed E-state index contributed by atoms with van der Waals surface area (Å²) in [5.74, 6) is 0.277. The van der Waals surface area contributed by atoms with E-state index in [1.807, 2.05) is 0 Å². The van der Waals surface area contributed by atoms with Gasteiger partial charge in [-0.05, 0) is 25.3 Å². The van der Waals surface area contributed by atoms with Crippen LogP contribution in [0.4, 0.5) is 21.9 Å². The monoisotopic (exact) mass is 276 g/mol. The van der Waals surface area contributed by atoms with Gasteiger partial charge in [-0.1, -0.05) is 0 Å². The molecule has 0 bridgehead atoms. The highest BCUT2D eigenvalue weighted by Gasteiger charge is 2.21. The summed E-state index contributed by atoms with van der Waals surface area (Å²) >= 11 is 0. The van der Waals surface area contributed by atoms with Crippen LogP contribution in [0.5, 0.6) is 5.75 Å². The molecular weight excluding hydrogens is 260 g/mol. The number of anilines is 3. The molecule has 0 radical (unpaired) electrons. The molecule has 0 saturated heterocycles. The SMILES string of the molecule is Nc1cc2c(cc1NC(=O)NC1CCC1)NC(=O)CO2. The van der Waals surface area contributed by atoms with Crippen LogP contribution in [0.25, 0.3) is 0 Å². The Morgan fingerprint density at radius 2 is 2.20 bits per heavy atom. The molecule has 1 saturated carbocycles. The molecule has 20 heavy (non-hydrogen) atoms. The van der Waals surface area contributed by atoms with Crippen molar-refractivity contribution in [3.05, 3.63) is 12.1 Å². The Morgan fingerprint density at radius 1 is 1.40 bits per heavy atom. The molecule has 0 spiro atoms. The third-order valence-electron chi connectivity index (χ3n) is 3.47. The maximum atomic E-state index is 11.8. The molecule has 3 amide bonds. The van der Waals surface area contributed by atoms with Crippen LogP contribution in [0.3, 0.4) is 0 Å². The minimum absolute atomic E-state index is 0.0264. The third kappa shape index (κ3) is 2.47. The standard InChI is InChI=1S/C13H16N4O3/c14-8-4-11-10(16-12(18)6-20-11)5-9(8)17-13(19)15-7-2-1-3-7/h4-5,7H,1-3,6,14H2,(H,16,18)(H2,15,17,19). The minimum atomic E-state index is -0.288. The van der Waals surface area contributed by atoms with Crippen molar-refractivity contribution in [1.82, 2.24) is 5.32 Å². The molecule has 7 nitrogen and oxygen atoms in total. The first-order valence-corrected chi connectivity index (χ1v) is 6.55. The van der Waals surface area contributed by atoms with Crippen LogP contribution in [0, 0.1) is 0 Å². The predicted molar refractivity (Wildman–Crippen MR) is 74.8 cm³/mol. The van der Waals surface area contributed by atoms with E-state index in [2.05, 4.69) is 16.0 Å². The number of urea groups is 1. The lowest BCUT2D eigenvalue weighted by molar-refractivity contribution is -0.118. The van der Waals surface area contributed by atoms with Crippen molar-refractivity contribution in [2.45, 2.75) is 25.3 Å². The van der Waals surface area contributed by atoms with Gasteiger partial charge in [0.15, 0.2) is 6.61 Å². The van der Waals surface area contributed by atoms with Crippen LogP contribution in [-0.2, 0) is 4.79 Å². The van der Waals surface area contributed by atoms with Gasteiger partial charge in [0.25, 0.3) is 5.91 Å². The van der Waals surface area contributed by atoms with Crippen LogP contribution in [0.1, 0.15) is 19.3 Å². The van der Waals surface area contributed by atoms with Gasteiger partial charge in [-0.2, -0.15) is 0 Å². The summed E-state index contributed by atoms with van der Waals surface area (Å²) in [7, 11) is 0. The largest absolute Gasteiger partial charge is 0.482 e. The molecule has 2 aliphatic rings. The number of carbonyl (C=O) groups is 2. The van der Waals surface area contributed by atoms with E-state index in [0.29, 0.717) is 22.8 Å². The fourth-order valence-corrected chi connectivity index (χ4v) is 2.15. The Hall–Kier alpha value is -2.44. The van der Waals surface area contributed by atoms with Crippen molar-refractivity contribution in [2.75, 3.05) is 23.0 Å². The molecule has 3 rings (SSSR count). The third-order valence-corrected chi connectivity index (χ3v) is 3.47. The van der Waals surface area contributed by atoms with E-state index < -0.39 is 0 Å². The van der Waals surface area contributed by atoms with Crippen molar-refractivity contribution < 1.29 is 14.3 Å². The van der Waals surface area contributed by atoms with E-state index in [4.69, 9.17) is 10.5 Å². The Kier molecular flexibility index (Phi) is 3.09. The number of rotatable bonds is 2. The van der Waals surface area contributed by atoms with Crippen molar-refractivity contribution in [2.24, 2.45) is 0 Å². The highest BCUT2D eigenvalue weighted by molar-refractivity contribution is 5.99. The summed E-state index contributed by atoms with van der Waals surface area (Å²) < 4.78 is 5.25. The van der Waals surface area contributed by atoms with Crippen LogP contribution in [-0.4, -0.2) is 24.6 Å². The van der Waals surface area contributed by atoms with E-state index in [9.17, 15) is 9.59 Å². The van der Waals surface area contributed by atoms with Gasteiger partial charge in [-0.25, -0.2) is 4.79 Å². The summed E-state index contributed by atoms with van der Waals surface area (Å²) in [5, 5.41) is 8.22. The lowest BCUT2D eigenvalue weighted by atomic mass is 9.93. The molecule has 1 aromatic rings. The number of hydrogen-bond acceptors (Lipinski definition) is 4. The van der Waals surface area contributed by atoms with Crippen LogP contribution >= 0.6 is 0 Å². The second-order valence-electron chi connectivity index (χ2n) is 5.00. The number of amides is 3. The summed E-state index contributed by atoms with van der Waals surface area (Å²) in [5.41, 5.74) is 7.22. The number of nitrogens with one attached hydrogen (secondary N) is 3. The first-order valence-electron chi connectivity index (χ1n) is 6.55. The summed E-state index contributed by atoms with van der Waals surface area (Å²) in [4.78, 5) is 23.1. The highest BCUT2D eigenvalue weighted by Crippen LogP contribution is 2.35. The lowest BCUT2D eigenvalue weighted by Crippen LogP contribution is -2.42. The maximum Gasteiger partial charge on any atom is 0.319 e. The first kappa shape index (κ1) is 12.6. The van der Waals surface area contributed by atoms with Crippen molar-refractivity contribution in [1.29, 1.82) is 0 Å². The number of benzene rings is 1. The minimum Gasteiger partial charge on any atom is -0.482 e. The fourth-order valence-electron chi connectivity index (χ4n) is 2.15. The second kappa shape index (κ2) is 4.92. The van der Waals surface area contributed by atoms with Crippen molar-refractivity contribution in [3.63, 3.8) is 0 Å². The molecule has 1 aliphatic heterocycles. The molecule has 1 aliphatic carbocycles. The molecule has 1 aromatic carbocycles. The van der Waals surface area contributed by atoms with Crippen LogP contribution in [0.15, 0.2) is 12.1 Å². The zero-order chi connectivity index (χ0) is 14.1. The molecule has 0 unspecified atom stereocenters. The van der Waals surface area contributed by atoms with E-state index >= 15 is 0 Å². The van der Waals surface area contributed by atoms with E-state index in [0.717, 1.165) is 19.3 Å². The van der Waals surface area contributed by atoms with E-state index in [-0.39, 0.29) is 24.6 Å². The van der Waals surface area contributed by atoms with Crippen molar-refractivity contribution in [3.8, 4) is 5.75 Å². The number of fused-ring (bicyclic) bond motifs is 1. The van der Waals surface area contributed by atoms with Crippen LogP contribution in [0.2, 0.25) is 0 Å². The van der Waals surface area contributed by atoms with Gasteiger partial charge < -0.3 is 26.4 Å². The molecule has 1 fully saturated rings. The van der Waals surface area contributed by atoms with Gasteiger partial charge >= 0.3 is 6.03 Å². The number of nitrogens with two attached hydrogens (primary N) is 1. The maximum absolute atomic E-state index is 11.8. The molecule has 1 heterocycles. The van der Waals surface area contributed by atoms with Gasteiger partial charge in [-0.15, -0.1) is 0 Å². The van der Waals surface area contributed by atoms with Crippen molar-refractivity contribution >= 4 is 29.0 Å². The molecular formula is C13H16N4O3. The van der Waals surface area contributed by atoms with Gasteiger partial charge in [-0.3, -0.25) is 4.79 Å². The molecule has 0 atom stereocenters. The summed E-state index contributed by atoms with van der Waals surface area (Å²) in [6.45, 7) is -0.0264. The Bertz CT molecular complexity index is 569. The van der Waals surface area contributed by atoms with Gasteiger partial charge in [0, 0.05) is 12.1 Å². The summed E-state index contributed by atoms with van der Waals surface area (Å²) in [6.07, 6.45) is 3.17. The van der Waals surface area contributed by atoms with E-state index in [1.54, 1.807) is 12.1 Å². The number of ether oxygens (including phenoxy) is 1. The normalized spacial score (nSPS) is 17.3. The average Bonchev–Trinajstić information content (AvgIpc) is 2.35. The molecule has 106 valence electrons. The Morgan fingerprint density at radius 3 is 2.90 bits per heavy atom. The topological polar surface area (TPSA) is 105 Å². The van der Waals surface area contributed by atoms with Gasteiger partial charge in [0.05, 0.1) is 17.1 Å². The quantitative estimate of drug-likeness (QED) is 0.610. The Balaban J connectivity index is 1.73. The Labute approximate surface area is 115 Å². The number of carbonyl (C=O) groups excluding carboxylic acids is 2. The van der Waals surface area contributed by atoms with Gasteiger partial charge in [0.1, 0.15) is 5.75 Å². The van der Waals surface area contributed by atoms with Gasteiger partial charge in [0.2, 0.25) is 0 Å². The first-order chi connectivity index (χ1) is 9.61. The molecule has 0 aromatic heterocycles. The molecule has 5 N–H and O–H groups in total. The zero-order valence-corrected chi connectivity index (χ0v) is 10.9. The van der Waals surface area contributed by atoms with E-state index in [1.165, 1.54) is 0 Å². The molecule has 7 heteroatoms. The predicted octanol–water partition coefficient (Wildman–Crippen LogP) is 1.27. The fraction of sp³-hybridized carbons (Fsp3) is 0.385. The summed E-state index contributed by atoms with van der Waals surface area (Å²) in [6, 6.07) is 3.15. The number of hydrogen-bond donors (Lipinski definition) is 4. The number of nitrogen functional groups attached to an aromatic ring is 1.